The first-order valence-electron chi connectivity index (χ1n) is 8.01. The van der Waals surface area contributed by atoms with Crippen LogP contribution in [0.4, 0.5) is 4.79 Å². The summed E-state index contributed by atoms with van der Waals surface area (Å²) in [6.45, 7) is 5.06. The maximum atomic E-state index is 12.5. The summed E-state index contributed by atoms with van der Waals surface area (Å²) in [5.74, 6) is 1.52. The molecule has 0 saturated carbocycles. The minimum atomic E-state index is -0.418. The molecule has 1 aromatic rings. The Bertz CT molecular complexity index is 646. The molecule has 1 fully saturated rings. The van der Waals surface area contributed by atoms with Gasteiger partial charge in [0.25, 0.3) is 0 Å². The molecule has 130 valence electrons. The third-order valence-electron chi connectivity index (χ3n) is 4.37. The number of nitrogens with zero attached hydrogens (tertiary/aromatic N) is 2. The maximum Gasteiger partial charge on any atom is 0.410 e. The van der Waals surface area contributed by atoms with Gasteiger partial charge >= 0.3 is 6.09 Å². The fourth-order valence-corrected chi connectivity index (χ4v) is 2.87. The Morgan fingerprint density at radius 1 is 1.29 bits per heavy atom. The van der Waals surface area contributed by atoms with Crippen molar-refractivity contribution in [3.8, 4) is 11.5 Å². The third kappa shape index (κ3) is 3.25. The van der Waals surface area contributed by atoms with E-state index in [4.69, 9.17) is 14.2 Å². The van der Waals surface area contributed by atoms with Crippen LogP contribution in [0.15, 0.2) is 18.2 Å². The van der Waals surface area contributed by atoms with Crippen molar-refractivity contribution in [2.24, 2.45) is 5.92 Å². The van der Waals surface area contributed by atoms with Crippen molar-refractivity contribution in [2.45, 2.75) is 26.4 Å². The van der Waals surface area contributed by atoms with Crippen LogP contribution in [-0.4, -0.2) is 54.8 Å². The van der Waals surface area contributed by atoms with Gasteiger partial charge in [-0.2, -0.15) is 0 Å². The summed E-state index contributed by atoms with van der Waals surface area (Å²) < 4.78 is 15.7. The van der Waals surface area contributed by atoms with Crippen molar-refractivity contribution in [3.05, 3.63) is 23.8 Å². The maximum absolute atomic E-state index is 12.5. The topological polar surface area (TPSA) is 68.3 Å². The van der Waals surface area contributed by atoms with Crippen LogP contribution in [0.25, 0.3) is 0 Å². The van der Waals surface area contributed by atoms with Gasteiger partial charge in [0, 0.05) is 13.6 Å². The Kier molecular flexibility index (Phi) is 4.51. The smallest absolute Gasteiger partial charge is 0.410 e. The summed E-state index contributed by atoms with van der Waals surface area (Å²) in [4.78, 5) is 27.4. The zero-order valence-electron chi connectivity index (χ0n) is 14.2. The number of carbonyl (C=O) groups excluding carboxylic acids is 2. The van der Waals surface area contributed by atoms with Crippen LogP contribution in [0.1, 0.15) is 19.4 Å². The average Bonchev–Trinajstić information content (AvgIpc) is 3.14. The molecule has 2 heterocycles. The highest BCUT2D eigenvalue weighted by Gasteiger charge is 2.36. The van der Waals surface area contributed by atoms with Gasteiger partial charge in [-0.15, -0.1) is 0 Å². The molecule has 24 heavy (non-hydrogen) atoms. The van der Waals surface area contributed by atoms with Gasteiger partial charge in [-0.3, -0.25) is 9.69 Å². The molecule has 0 bridgehead atoms. The van der Waals surface area contributed by atoms with E-state index in [-0.39, 0.29) is 31.2 Å². The number of amides is 2. The lowest BCUT2D eigenvalue weighted by molar-refractivity contribution is -0.131. The number of cyclic esters (lactones) is 1. The van der Waals surface area contributed by atoms with Gasteiger partial charge < -0.3 is 19.1 Å². The number of hydrogen-bond donors (Lipinski definition) is 0. The zero-order chi connectivity index (χ0) is 17.3. The monoisotopic (exact) mass is 334 g/mol. The molecule has 1 aromatic carbocycles. The van der Waals surface area contributed by atoms with Gasteiger partial charge in [0.15, 0.2) is 11.5 Å². The van der Waals surface area contributed by atoms with E-state index < -0.39 is 6.09 Å². The average molecular weight is 334 g/mol. The van der Waals surface area contributed by atoms with Gasteiger partial charge in [0.2, 0.25) is 12.7 Å². The van der Waals surface area contributed by atoms with Crippen LogP contribution >= 0.6 is 0 Å². The predicted molar refractivity (Wildman–Crippen MR) is 85.7 cm³/mol. The van der Waals surface area contributed by atoms with E-state index in [2.05, 4.69) is 0 Å². The van der Waals surface area contributed by atoms with E-state index in [1.54, 1.807) is 11.9 Å². The van der Waals surface area contributed by atoms with Gasteiger partial charge in [-0.25, -0.2) is 4.79 Å². The first-order valence-corrected chi connectivity index (χ1v) is 8.01. The highest BCUT2D eigenvalue weighted by atomic mass is 16.7. The van der Waals surface area contributed by atoms with E-state index in [1.165, 1.54) is 4.90 Å². The minimum Gasteiger partial charge on any atom is -0.454 e. The molecule has 1 atom stereocenters. The summed E-state index contributed by atoms with van der Waals surface area (Å²) in [6, 6.07) is 5.55. The summed E-state index contributed by atoms with van der Waals surface area (Å²) in [7, 11) is 1.72. The van der Waals surface area contributed by atoms with Crippen LogP contribution < -0.4 is 9.47 Å². The molecule has 2 aliphatic rings. The van der Waals surface area contributed by atoms with Gasteiger partial charge in [-0.05, 0) is 23.6 Å². The second kappa shape index (κ2) is 6.59. The highest BCUT2D eigenvalue weighted by molar-refractivity contribution is 5.83. The van der Waals surface area contributed by atoms with E-state index >= 15 is 0 Å². The van der Waals surface area contributed by atoms with Gasteiger partial charge in [0.05, 0.1) is 6.04 Å². The molecule has 0 aromatic heterocycles. The molecule has 2 amide bonds. The molecule has 3 rings (SSSR count). The largest absolute Gasteiger partial charge is 0.454 e. The molecule has 0 aliphatic carbocycles. The molecule has 0 unspecified atom stereocenters. The Morgan fingerprint density at radius 3 is 2.79 bits per heavy atom. The fourth-order valence-electron chi connectivity index (χ4n) is 2.87. The van der Waals surface area contributed by atoms with Crippen LogP contribution in [0.3, 0.4) is 0 Å². The van der Waals surface area contributed by atoms with Crippen molar-refractivity contribution in [2.75, 3.05) is 27.0 Å². The second-order valence-corrected chi connectivity index (χ2v) is 6.45. The number of ether oxygens (including phenoxy) is 3. The summed E-state index contributed by atoms with van der Waals surface area (Å²) >= 11 is 0. The standard InChI is InChI=1S/C17H22N2O5/c1-11(2)13-9-22-17(21)19(13)8-16(20)18(3)7-12-4-5-14-15(6-12)24-10-23-14/h4-6,11,13H,7-10H2,1-3H3/t13-/m1/s1. The predicted octanol–water partition coefficient (Wildman–Crippen LogP) is 1.85. The lowest BCUT2D eigenvalue weighted by Crippen LogP contribution is -2.44. The van der Waals surface area contributed by atoms with Crippen molar-refractivity contribution in [3.63, 3.8) is 0 Å². The Morgan fingerprint density at radius 2 is 2.04 bits per heavy atom. The first kappa shape index (κ1) is 16.4. The van der Waals surface area contributed by atoms with Crippen LogP contribution in [0.5, 0.6) is 11.5 Å². The number of carbonyl (C=O) groups is 2. The van der Waals surface area contributed by atoms with Crippen LogP contribution in [0.2, 0.25) is 0 Å². The number of fused-ring (bicyclic) bond motifs is 1. The first-order chi connectivity index (χ1) is 11.5. The molecular weight excluding hydrogens is 312 g/mol. The zero-order valence-corrected chi connectivity index (χ0v) is 14.2. The quantitative estimate of drug-likeness (QED) is 0.822. The molecule has 2 aliphatic heterocycles. The highest BCUT2D eigenvalue weighted by Crippen LogP contribution is 2.32. The van der Waals surface area contributed by atoms with E-state index in [1.807, 2.05) is 32.0 Å². The van der Waals surface area contributed by atoms with Crippen LogP contribution in [0, 0.1) is 5.92 Å². The third-order valence-corrected chi connectivity index (χ3v) is 4.37. The molecule has 7 nitrogen and oxygen atoms in total. The molecule has 0 spiro atoms. The van der Waals surface area contributed by atoms with Gasteiger partial charge in [-0.1, -0.05) is 19.9 Å². The minimum absolute atomic E-state index is 0.0305. The summed E-state index contributed by atoms with van der Waals surface area (Å²) in [5.41, 5.74) is 0.944. The van der Waals surface area contributed by atoms with E-state index in [9.17, 15) is 9.59 Å². The second-order valence-electron chi connectivity index (χ2n) is 6.45. The molecule has 0 radical (unpaired) electrons. The number of hydrogen-bond acceptors (Lipinski definition) is 5. The molecule has 7 heteroatoms. The van der Waals surface area contributed by atoms with E-state index in [0.29, 0.717) is 24.7 Å². The molecule has 1 saturated heterocycles. The Balaban J connectivity index is 1.61. The number of benzene rings is 1. The Hall–Kier alpha value is -2.44. The van der Waals surface area contributed by atoms with Gasteiger partial charge in [0.1, 0.15) is 13.2 Å². The number of rotatable bonds is 5. The van der Waals surface area contributed by atoms with Crippen molar-refractivity contribution in [1.82, 2.24) is 9.80 Å². The molecular formula is C17H22N2O5. The lowest BCUT2D eigenvalue weighted by Gasteiger charge is -2.26. The fraction of sp³-hybridized carbons (Fsp3) is 0.529. The summed E-state index contributed by atoms with van der Waals surface area (Å²) in [5, 5.41) is 0. The van der Waals surface area contributed by atoms with Crippen molar-refractivity contribution < 1.29 is 23.8 Å². The van der Waals surface area contributed by atoms with Crippen molar-refractivity contribution >= 4 is 12.0 Å². The molecule has 0 N–H and O–H groups in total. The van der Waals surface area contributed by atoms with Crippen LogP contribution in [-0.2, 0) is 16.1 Å². The van der Waals surface area contributed by atoms with Crippen molar-refractivity contribution in [1.29, 1.82) is 0 Å². The summed E-state index contributed by atoms with van der Waals surface area (Å²) in [6.07, 6.45) is -0.418. The van der Waals surface area contributed by atoms with E-state index in [0.717, 1.165) is 5.56 Å². The normalized spacial score (nSPS) is 18.9. The SMILES string of the molecule is CC(C)[C@H]1COC(=O)N1CC(=O)N(C)Cc1ccc2c(c1)OCO2. The lowest BCUT2D eigenvalue weighted by atomic mass is 10.0. The number of likely N-dealkylation sites (N-methyl/N-ethyl adjacent to an activating group) is 1. The Labute approximate surface area is 141 Å².